The Labute approximate surface area is 74.5 Å². The summed E-state index contributed by atoms with van der Waals surface area (Å²) in [5, 5.41) is 0. The normalized spacial score (nSPS) is 24.7. The summed E-state index contributed by atoms with van der Waals surface area (Å²) in [6.07, 6.45) is 4.45. The van der Waals surface area contributed by atoms with Gasteiger partial charge >= 0.3 is 0 Å². The summed E-state index contributed by atoms with van der Waals surface area (Å²) in [6.45, 7) is 2.75. The van der Waals surface area contributed by atoms with E-state index in [0.717, 1.165) is 32.3 Å². The van der Waals surface area contributed by atoms with Crippen molar-refractivity contribution in [3.05, 3.63) is 0 Å². The second kappa shape index (κ2) is 5.18. The molecule has 0 spiro atoms. The van der Waals surface area contributed by atoms with E-state index < -0.39 is 0 Å². The molecular weight excluding hydrogens is 150 g/mol. The number of rotatable bonds is 3. The highest BCUT2D eigenvalue weighted by atomic mass is 16.5. The van der Waals surface area contributed by atoms with Crippen LogP contribution in [-0.4, -0.2) is 18.8 Å². The quantitative estimate of drug-likeness (QED) is 0.643. The Morgan fingerprint density at radius 2 is 2.50 bits per heavy atom. The molecule has 0 bridgehead atoms. The molecule has 0 aromatic rings. The molecule has 1 saturated heterocycles. The Balaban J connectivity index is 2.16. The van der Waals surface area contributed by atoms with Gasteiger partial charge in [-0.1, -0.05) is 0 Å². The minimum absolute atomic E-state index is 0.188. The van der Waals surface area contributed by atoms with E-state index in [1.807, 2.05) is 6.92 Å². The third-order valence-electron chi connectivity index (χ3n) is 2.22. The van der Waals surface area contributed by atoms with Gasteiger partial charge in [0.25, 0.3) is 0 Å². The minimum Gasteiger partial charge on any atom is -0.377 e. The van der Waals surface area contributed by atoms with Crippen LogP contribution in [0.25, 0.3) is 0 Å². The van der Waals surface area contributed by atoms with Crippen LogP contribution < -0.4 is 5.73 Å². The first-order chi connectivity index (χ1) is 5.84. The van der Waals surface area contributed by atoms with Crippen molar-refractivity contribution in [1.82, 2.24) is 0 Å². The van der Waals surface area contributed by atoms with Gasteiger partial charge in [-0.15, -0.1) is 11.8 Å². The van der Waals surface area contributed by atoms with Gasteiger partial charge in [0.1, 0.15) is 0 Å². The lowest BCUT2D eigenvalue weighted by atomic mass is 10.0. The lowest BCUT2D eigenvalue weighted by Crippen LogP contribution is -2.33. The van der Waals surface area contributed by atoms with E-state index >= 15 is 0 Å². The van der Waals surface area contributed by atoms with Crippen molar-refractivity contribution < 1.29 is 4.74 Å². The van der Waals surface area contributed by atoms with Crippen molar-refractivity contribution in [2.24, 2.45) is 5.73 Å². The Kier molecular flexibility index (Phi) is 4.13. The van der Waals surface area contributed by atoms with Gasteiger partial charge in [0.05, 0.1) is 6.10 Å². The highest BCUT2D eigenvalue weighted by Gasteiger charge is 2.21. The van der Waals surface area contributed by atoms with E-state index in [1.165, 1.54) is 0 Å². The first kappa shape index (κ1) is 9.57. The molecule has 1 rings (SSSR count). The van der Waals surface area contributed by atoms with Gasteiger partial charge in [-0.3, -0.25) is 0 Å². The maximum atomic E-state index is 5.93. The van der Waals surface area contributed by atoms with Gasteiger partial charge in [-0.2, -0.15) is 0 Å². The molecule has 2 nitrogen and oxygen atoms in total. The molecule has 68 valence electrons. The largest absolute Gasteiger partial charge is 0.377 e. The summed E-state index contributed by atoms with van der Waals surface area (Å²) in [5.41, 5.74) is 5.93. The van der Waals surface area contributed by atoms with E-state index in [9.17, 15) is 0 Å². The molecule has 2 heteroatoms. The molecule has 0 amide bonds. The summed E-state index contributed by atoms with van der Waals surface area (Å²) >= 11 is 0. The summed E-state index contributed by atoms with van der Waals surface area (Å²) in [7, 11) is 0. The van der Waals surface area contributed by atoms with Crippen LogP contribution in [0.5, 0.6) is 0 Å². The molecule has 0 aromatic carbocycles. The van der Waals surface area contributed by atoms with Crippen molar-refractivity contribution >= 4 is 0 Å². The van der Waals surface area contributed by atoms with Crippen molar-refractivity contribution in [1.29, 1.82) is 0 Å². The molecule has 12 heavy (non-hydrogen) atoms. The Hall–Kier alpha value is -0.520. The van der Waals surface area contributed by atoms with Gasteiger partial charge in [0.2, 0.25) is 0 Å². The molecule has 2 unspecified atom stereocenters. The molecule has 2 atom stereocenters. The lowest BCUT2D eigenvalue weighted by Gasteiger charge is -2.16. The monoisotopic (exact) mass is 167 g/mol. The molecule has 0 aromatic heterocycles. The van der Waals surface area contributed by atoms with E-state index in [0.29, 0.717) is 6.10 Å². The fourth-order valence-electron chi connectivity index (χ4n) is 1.49. The van der Waals surface area contributed by atoms with Gasteiger partial charge in [-0.05, 0) is 26.2 Å². The third-order valence-corrected chi connectivity index (χ3v) is 2.22. The number of hydrogen-bond donors (Lipinski definition) is 1. The number of ether oxygens (including phenoxy) is 1. The highest BCUT2D eigenvalue weighted by Crippen LogP contribution is 2.16. The van der Waals surface area contributed by atoms with Crippen molar-refractivity contribution in [2.45, 2.75) is 44.8 Å². The van der Waals surface area contributed by atoms with Gasteiger partial charge in [0, 0.05) is 19.1 Å². The van der Waals surface area contributed by atoms with E-state index in [-0.39, 0.29) is 6.04 Å². The van der Waals surface area contributed by atoms with Gasteiger partial charge < -0.3 is 10.5 Å². The predicted molar refractivity (Wildman–Crippen MR) is 49.6 cm³/mol. The second-order valence-electron chi connectivity index (χ2n) is 3.18. The van der Waals surface area contributed by atoms with Crippen molar-refractivity contribution in [3.8, 4) is 11.8 Å². The van der Waals surface area contributed by atoms with Gasteiger partial charge in [-0.25, -0.2) is 0 Å². The molecule has 0 aliphatic carbocycles. The summed E-state index contributed by atoms with van der Waals surface area (Å²) < 4.78 is 5.47. The van der Waals surface area contributed by atoms with Crippen molar-refractivity contribution in [3.63, 3.8) is 0 Å². The highest BCUT2D eigenvalue weighted by molar-refractivity contribution is 4.96. The smallest absolute Gasteiger partial charge is 0.0727 e. The molecule has 1 aliphatic heterocycles. The zero-order valence-corrected chi connectivity index (χ0v) is 7.68. The molecule has 0 saturated carbocycles. The average Bonchev–Trinajstić information content (AvgIpc) is 2.56. The Morgan fingerprint density at radius 3 is 3.08 bits per heavy atom. The first-order valence-electron chi connectivity index (χ1n) is 4.61. The van der Waals surface area contributed by atoms with Gasteiger partial charge in [0.15, 0.2) is 0 Å². The molecular formula is C10H17NO. The predicted octanol–water partition coefficient (Wildman–Crippen LogP) is 1.30. The van der Waals surface area contributed by atoms with E-state index in [1.54, 1.807) is 0 Å². The fraction of sp³-hybridized carbons (Fsp3) is 0.800. The first-order valence-corrected chi connectivity index (χ1v) is 4.61. The number of hydrogen-bond acceptors (Lipinski definition) is 2. The molecule has 1 aliphatic rings. The SMILES string of the molecule is CC#CCCC(N)C1CCCO1. The van der Waals surface area contributed by atoms with Crippen LogP contribution in [0.4, 0.5) is 0 Å². The van der Waals surface area contributed by atoms with Crippen LogP contribution in [-0.2, 0) is 4.74 Å². The number of nitrogens with two attached hydrogens (primary N) is 1. The van der Waals surface area contributed by atoms with Crippen LogP contribution >= 0.6 is 0 Å². The Morgan fingerprint density at radius 1 is 1.67 bits per heavy atom. The van der Waals surface area contributed by atoms with Crippen LogP contribution in [0.2, 0.25) is 0 Å². The van der Waals surface area contributed by atoms with E-state index in [4.69, 9.17) is 10.5 Å². The summed E-state index contributed by atoms with van der Waals surface area (Å²) in [4.78, 5) is 0. The topological polar surface area (TPSA) is 35.2 Å². The molecule has 1 fully saturated rings. The zero-order valence-electron chi connectivity index (χ0n) is 7.68. The van der Waals surface area contributed by atoms with E-state index in [2.05, 4.69) is 11.8 Å². The Bertz CT molecular complexity index is 174. The lowest BCUT2D eigenvalue weighted by molar-refractivity contribution is 0.0880. The summed E-state index contributed by atoms with van der Waals surface area (Å²) in [5.74, 6) is 5.88. The van der Waals surface area contributed by atoms with Crippen molar-refractivity contribution in [2.75, 3.05) is 6.61 Å². The minimum atomic E-state index is 0.188. The fourth-order valence-corrected chi connectivity index (χ4v) is 1.49. The molecule has 0 radical (unpaired) electrons. The zero-order chi connectivity index (χ0) is 8.81. The van der Waals surface area contributed by atoms with Crippen LogP contribution in [0.15, 0.2) is 0 Å². The van der Waals surface area contributed by atoms with Crippen LogP contribution in [0.1, 0.15) is 32.6 Å². The average molecular weight is 167 g/mol. The maximum absolute atomic E-state index is 5.93. The maximum Gasteiger partial charge on any atom is 0.0727 e. The standard InChI is InChI=1S/C10H17NO/c1-2-3-4-6-9(11)10-7-5-8-12-10/h9-10H,4-8,11H2,1H3. The second-order valence-corrected chi connectivity index (χ2v) is 3.18. The van der Waals surface area contributed by atoms with Crippen LogP contribution in [0, 0.1) is 11.8 Å². The summed E-state index contributed by atoms with van der Waals surface area (Å²) in [6, 6.07) is 0.188. The molecule has 1 heterocycles. The third kappa shape index (κ3) is 2.84. The van der Waals surface area contributed by atoms with Crippen LogP contribution in [0.3, 0.4) is 0 Å². The molecule has 2 N–H and O–H groups in total.